The number of nitrogens with zero attached hydrogens (tertiary/aromatic N) is 1. The highest BCUT2D eigenvalue weighted by atomic mass is 19.1. The van der Waals surface area contributed by atoms with Crippen molar-refractivity contribution in [3.63, 3.8) is 0 Å². The molecule has 11 heteroatoms. The van der Waals surface area contributed by atoms with Crippen molar-refractivity contribution in [2.45, 2.75) is 70.2 Å². The molecule has 2 unspecified atom stereocenters. The zero-order valence-corrected chi connectivity index (χ0v) is 27.8. The second-order valence-corrected chi connectivity index (χ2v) is 14.7. The van der Waals surface area contributed by atoms with Crippen LogP contribution in [0.1, 0.15) is 73.9 Å². The number of hydrogen-bond acceptors (Lipinski definition) is 9. The van der Waals surface area contributed by atoms with Gasteiger partial charge in [0, 0.05) is 40.9 Å². The van der Waals surface area contributed by atoms with Crippen LogP contribution in [-0.4, -0.2) is 40.5 Å². The van der Waals surface area contributed by atoms with Crippen molar-refractivity contribution in [1.82, 2.24) is 4.98 Å². The Morgan fingerprint density at radius 2 is 1.80 bits per heavy atom. The number of carbonyl (C=O) groups is 1. The number of rotatable bonds is 4. The van der Waals surface area contributed by atoms with E-state index in [0.29, 0.717) is 30.4 Å². The minimum absolute atomic E-state index is 0.00589. The molecule has 50 heavy (non-hydrogen) atoms. The molecule has 4 aliphatic rings. The van der Waals surface area contributed by atoms with Gasteiger partial charge in [-0.05, 0) is 80.0 Å². The summed E-state index contributed by atoms with van der Waals surface area (Å²) in [4.78, 5) is 31.5. The van der Waals surface area contributed by atoms with Crippen molar-refractivity contribution in [2.24, 2.45) is 22.7 Å². The van der Waals surface area contributed by atoms with E-state index in [-0.39, 0.29) is 41.3 Å². The molecule has 2 aromatic heterocycles. The maximum absolute atomic E-state index is 14.8. The van der Waals surface area contributed by atoms with Gasteiger partial charge in [-0.1, -0.05) is 32.0 Å². The number of carbonyl (C=O) groups excluding carboxylic acids is 1. The van der Waals surface area contributed by atoms with E-state index >= 15 is 0 Å². The monoisotopic (exact) mass is 685 g/mol. The maximum Gasteiger partial charge on any atom is 0.345 e. The Labute approximate surface area is 287 Å². The third-order valence-electron chi connectivity index (χ3n) is 11.8. The van der Waals surface area contributed by atoms with Crippen molar-refractivity contribution in [2.75, 3.05) is 6.61 Å². The van der Waals surface area contributed by atoms with Gasteiger partial charge in [-0.3, -0.25) is 4.98 Å². The number of aromatic nitrogens is 1. The Morgan fingerprint density at radius 3 is 2.54 bits per heavy atom. The molecule has 2 aliphatic heterocycles. The summed E-state index contributed by atoms with van der Waals surface area (Å²) in [5, 5.41) is 12.3. The largest absolute Gasteiger partial charge is 0.482 e. The number of halogens is 2. The smallest absolute Gasteiger partial charge is 0.345 e. The Kier molecular flexibility index (Phi) is 7.74. The molecule has 0 radical (unpaired) electrons. The van der Waals surface area contributed by atoms with Crippen molar-refractivity contribution in [3.05, 3.63) is 118 Å². The van der Waals surface area contributed by atoms with Gasteiger partial charge in [-0.25, -0.2) is 18.4 Å². The standard InChI is InChI=1S/C39H37F2NO8/c1-37-15-14-29-38(2,20-46-36(49-29)24-8-4-5-9-25(24)41)28(37)18-30(48-34(44)21-10-12-23(40)13-11-21)39(3)33(37)32(43)31-27(50-39)17-26(47-35(31)45)22-7-6-16-42-19-22/h4-13,16-17,19,28-30,32-33,36,43H,14-15,18,20H2,1-3H3/t28?,29-,30-,32-,33?,36+,37-,38-,39+/m0/s1. The predicted octanol–water partition coefficient (Wildman–Crippen LogP) is 6.95. The van der Waals surface area contributed by atoms with E-state index in [4.69, 9.17) is 23.4 Å². The number of ether oxygens (including phenoxy) is 4. The van der Waals surface area contributed by atoms with Gasteiger partial charge >= 0.3 is 11.6 Å². The fourth-order valence-electron chi connectivity index (χ4n) is 9.47. The van der Waals surface area contributed by atoms with Crippen molar-refractivity contribution in [3.8, 4) is 17.1 Å². The summed E-state index contributed by atoms with van der Waals surface area (Å²) in [6, 6.07) is 16.5. The number of esters is 1. The van der Waals surface area contributed by atoms with E-state index < -0.39 is 64.1 Å². The predicted molar refractivity (Wildman–Crippen MR) is 175 cm³/mol. The number of aliphatic hydroxyl groups excluding tert-OH is 1. The van der Waals surface area contributed by atoms with Crippen LogP contribution in [0.2, 0.25) is 0 Å². The molecule has 8 rings (SSSR count). The average molecular weight is 686 g/mol. The third kappa shape index (κ3) is 5.00. The summed E-state index contributed by atoms with van der Waals surface area (Å²) >= 11 is 0. The maximum atomic E-state index is 14.8. The summed E-state index contributed by atoms with van der Waals surface area (Å²) in [5.74, 6) is -2.28. The Hall–Kier alpha value is -4.45. The minimum atomic E-state index is -1.35. The summed E-state index contributed by atoms with van der Waals surface area (Å²) in [5.41, 5.74) is -2.39. The second-order valence-electron chi connectivity index (χ2n) is 14.7. The van der Waals surface area contributed by atoms with Gasteiger partial charge in [0.15, 0.2) is 6.29 Å². The molecule has 4 heterocycles. The van der Waals surface area contributed by atoms with Crippen LogP contribution in [0.15, 0.2) is 88.3 Å². The molecule has 4 aromatic rings. The van der Waals surface area contributed by atoms with Crippen LogP contribution in [0.5, 0.6) is 5.75 Å². The Bertz CT molecular complexity index is 2010. The zero-order valence-electron chi connectivity index (χ0n) is 27.8. The molecule has 0 spiro atoms. The van der Waals surface area contributed by atoms with Gasteiger partial charge in [-0.2, -0.15) is 0 Å². The van der Waals surface area contributed by atoms with Crippen LogP contribution in [0.3, 0.4) is 0 Å². The van der Waals surface area contributed by atoms with Crippen molar-refractivity contribution >= 4 is 5.97 Å². The van der Waals surface area contributed by atoms with Gasteiger partial charge in [-0.15, -0.1) is 0 Å². The molecule has 2 aromatic carbocycles. The topological polar surface area (TPSA) is 117 Å². The van der Waals surface area contributed by atoms with Gasteiger partial charge in [0.05, 0.1) is 24.4 Å². The first-order chi connectivity index (χ1) is 23.9. The highest BCUT2D eigenvalue weighted by Gasteiger charge is 2.71. The van der Waals surface area contributed by atoms with Crippen LogP contribution < -0.4 is 10.4 Å². The molecule has 0 bridgehead atoms. The van der Waals surface area contributed by atoms with E-state index in [9.17, 15) is 23.5 Å². The molecule has 3 fully saturated rings. The van der Waals surface area contributed by atoms with E-state index in [1.807, 2.05) is 6.92 Å². The minimum Gasteiger partial charge on any atom is -0.482 e. The number of aliphatic hydroxyl groups is 1. The molecule has 1 N–H and O–H groups in total. The number of hydrogen-bond donors (Lipinski definition) is 1. The molecule has 9 nitrogen and oxygen atoms in total. The van der Waals surface area contributed by atoms with Crippen LogP contribution in [0.4, 0.5) is 8.78 Å². The third-order valence-corrected chi connectivity index (χ3v) is 11.8. The summed E-state index contributed by atoms with van der Waals surface area (Å²) in [7, 11) is 0. The van der Waals surface area contributed by atoms with Crippen molar-refractivity contribution in [1.29, 1.82) is 0 Å². The first kappa shape index (κ1) is 32.7. The molecular weight excluding hydrogens is 648 g/mol. The molecule has 2 saturated carbocycles. The van der Waals surface area contributed by atoms with Crippen LogP contribution in [-0.2, 0) is 14.2 Å². The van der Waals surface area contributed by atoms with Crippen LogP contribution in [0.25, 0.3) is 11.3 Å². The molecule has 1 saturated heterocycles. The first-order valence-electron chi connectivity index (χ1n) is 16.9. The normalized spacial score (nSPS) is 34.3. The van der Waals surface area contributed by atoms with Crippen LogP contribution in [0, 0.1) is 34.3 Å². The Morgan fingerprint density at radius 1 is 1.02 bits per heavy atom. The Balaban J connectivity index is 1.21. The zero-order chi connectivity index (χ0) is 35.0. The highest BCUT2D eigenvalue weighted by Crippen LogP contribution is 2.68. The molecule has 9 atom stereocenters. The molecule has 2 aliphatic carbocycles. The van der Waals surface area contributed by atoms with Gasteiger partial charge < -0.3 is 28.5 Å². The van der Waals surface area contributed by atoms with E-state index in [1.54, 1.807) is 48.8 Å². The lowest BCUT2D eigenvalue weighted by Crippen LogP contribution is -2.72. The van der Waals surface area contributed by atoms with Gasteiger partial charge in [0.2, 0.25) is 0 Å². The fraction of sp³-hybridized carbons (Fsp3) is 0.410. The summed E-state index contributed by atoms with van der Waals surface area (Å²) in [6.07, 6.45) is 1.07. The van der Waals surface area contributed by atoms with E-state index in [0.717, 1.165) is 0 Å². The summed E-state index contributed by atoms with van der Waals surface area (Å²) in [6.45, 7) is 6.15. The van der Waals surface area contributed by atoms with Gasteiger partial charge in [0.1, 0.15) is 40.4 Å². The lowest BCUT2D eigenvalue weighted by molar-refractivity contribution is -0.330. The average Bonchev–Trinajstić information content (AvgIpc) is 3.09. The summed E-state index contributed by atoms with van der Waals surface area (Å²) < 4.78 is 60.1. The van der Waals surface area contributed by atoms with Crippen LogP contribution >= 0.6 is 0 Å². The quantitative estimate of drug-likeness (QED) is 0.228. The number of fused-ring (bicyclic) bond motifs is 6. The number of benzene rings is 2. The lowest BCUT2D eigenvalue weighted by Gasteiger charge is -2.67. The highest BCUT2D eigenvalue weighted by molar-refractivity contribution is 5.89. The molecule has 0 amide bonds. The fourth-order valence-corrected chi connectivity index (χ4v) is 9.47. The molecule has 260 valence electrons. The first-order valence-corrected chi connectivity index (χ1v) is 16.9. The van der Waals surface area contributed by atoms with E-state index in [2.05, 4.69) is 18.8 Å². The van der Waals surface area contributed by atoms with Crippen molar-refractivity contribution < 1.29 is 42.0 Å². The second kappa shape index (κ2) is 11.8. The van der Waals surface area contributed by atoms with E-state index in [1.165, 1.54) is 30.3 Å². The SMILES string of the molecule is C[C@]12CC[C@@H]3O[C@H](c4ccccc4F)OC[C@@]3(C)C1C[C@H](OC(=O)c1ccc(F)cc1)[C@@]1(C)Oc3cc(-c4cccnc4)oc(=O)c3[C@H](O)C21. The molecular formula is C39H37F2NO8. The lowest BCUT2D eigenvalue weighted by atomic mass is 9.42. The number of pyridine rings is 1. The van der Waals surface area contributed by atoms with Gasteiger partial charge in [0.25, 0.3) is 0 Å².